The van der Waals surface area contributed by atoms with Crippen molar-refractivity contribution in [3.05, 3.63) is 82.4 Å². The normalized spacial score (nSPS) is 15.1. The first-order valence-corrected chi connectivity index (χ1v) is 7.70. The van der Waals surface area contributed by atoms with E-state index in [1.165, 1.54) is 39.0 Å². The minimum atomic E-state index is 1.13. The zero-order chi connectivity index (χ0) is 14.8. The number of hydrogen-bond acceptors (Lipinski definition) is 0. The summed E-state index contributed by atoms with van der Waals surface area (Å²) >= 11 is 0. The van der Waals surface area contributed by atoms with Crippen LogP contribution in [0.3, 0.4) is 0 Å². The molecule has 0 saturated carbocycles. The maximum atomic E-state index is 2.39. The van der Waals surface area contributed by atoms with Crippen LogP contribution >= 0.6 is 0 Å². The van der Waals surface area contributed by atoms with Crippen LogP contribution in [-0.4, -0.2) is 0 Å². The van der Waals surface area contributed by atoms with Crippen molar-refractivity contribution in [1.29, 1.82) is 0 Å². The maximum Gasteiger partial charge on any atom is -0.0184 e. The van der Waals surface area contributed by atoms with Gasteiger partial charge in [-0.2, -0.15) is 0 Å². The highest BCUT2D eigenvalue weighted by Gasteiger charge is 2.16. The number of benzene rings is 2. The molecule has 0 atom stereocenters. The molecular formula is C21H22. The zero-order valence-corrected chi connectivity index (χ0v) is 13.1. The van der Waals surface area contributed by atoms with Crippen LogP contribution in [-0.2, 0) is 0 Å². The van der Waals surface area contributed by atoms with Crippen LogP contribution in [0.1, 0.15) is 42.0 Å². The molecule has 0 aliphatic heterocycles. The summed E-state index contributed by atoms with van der Waals surface area (Å²) in [5, 5.41) is 0. The fraction of sp³-hybridized carbons (Fsp3) is 0.238. The van der Waals surface area contributed by atoms with Crippen molar-refractivity contribution in [2.75, 3.05) is 0 Å². The Kier molecular flexibility index (Phi) is 3.79. The molecule has 21 heavy (non-hydrogen) atoms. The summed E-state index contributed by atoms with van der Waals surface area (Å²) in [4.78, 5) is 0. The summed E-state index contributed by atoms with van der Waals surface area (Å²) in [6.45, 7) is 6.62. The first-order chi connectivity index (χ1) is 10.2. The highest BCUT2D eigenvalue weighted by Crippen LogP contribution is 2.38. The van der Waals surface area contributed by atoms with E-state index < -0.39 is 0 Å². The predicted octanol–water partition coefficient (Wildman–Crippen LogP) is 5.95. The first-order valence-electron chi connectivity index (χ1n) is 7.70. The molecule has 106 valence electrons. The summed E-state index contributed by atoms with van der Waals surface area (Å²) in [5.74, 6) is 0. The molecule has 0 amide bonds. The van der Waals surface area contributed by atoms with E-state index in [9.17, 15) is 0 Å². The number of allylic oxidation sites excluding steroid dienone is 4. The van der Waals surface area contributed by atoms with E-state index >= 15 is 0 Å². The van der Waals surface area contributed by atoms with Crippen LogP contribution in [0.15, 0.2) is 60.2 Å². The molecule has 0 aromatic heterocycles. The summed E-state index contributed by atoms with van der Waals surface area (Å²) in [6, 6.07) is 17.6. The molecule has 0 nitrogen and oxygen atoms in total. The second kappa shape index (κ2) is 5.73. The van der Waals surface area contributed by atoms with Gasteiger partial charge in [0.25, 0.3) is 0 Å². The van der Waals surface area contributed by atoms with Crippen LogP contribution in [0.2, 0.25) is 0 Å². The lowest BCUT2D eigenvalue weighted by atomic mass is 9.83. The summed E-state index contributed by atoms with van der Waals surface area (Å²) in [6.07, 6.45) is 4.66. The average Bonchev–Trinajstić information content (AvgIpc) is 2.50. The van der Waals surface area contributed by atoms with Gasteiger partial charge in [0.05, 0.1) is 0 Å². The van der Waals surface area contributed by atoms with Gasteiger partial charge in [-0.3, -0.25) is 0 Å². The van der Waals surface area contributed by atoms with Gasteiger partial charge in [-0.15, -0.1) is 0 Å². The first kappa shape index (κ1) is 13.9. The molecule has 0 fully saturated rings. The smallest absolute Gasteiger partial charge is 0.0184 e. The van der Waals surface area contributed by atoms with E-state index in [4.69, 9.17) is 0 Å². The average molecular weight is 274 g/mol. The topological polar surface area (TPSA) is 0 Å². The molecule has 2 aromatic rings. The van der Waals surface area contributed by atoms with Gasteiger partial charge in [0.2, 0.25) is 0 Å². The highest BCUT2D eigenvalue weighted by atomic mass is 14.2. The fourth-order valence-corrected chi connectivity index (χ4v) is 3.18. The molecule has 0 radical (unpaired) electrons. The molecule has 0 heteroatoms. The van der Waals surface area contributed by atoms with Crippen LogP contribution in [0, 0.1) is 13.8 Å². The molecule has 0 spiro atoms. The van der Waals surface area contributed by atoms with Crippen LogP contribution in [0.5, 0.6) is 0 Å². The Morgan fingerprint density at radius 3 is 2.24 bits per heavy atom. The Balaban J connectivity index is 2.07. The lowest BCUT2D eigenvalue weighted by Gasteiger charge is -2.21. The largest absolute Gasteiger partial charge is 0.0761 e. The zero-order valence-electron chi connectivity index (χ0n) is 13.1. The van der Waals surface area contributed by atoms with Crippen molar-refractivity contribution in [3.8, 4) is 0 Å². The van der Waals surface area contributed by atoms with Gasteiger partial charge in [0.1, 0.15) is 0 Å². The minimum absolute atomic E-state index is 1.13. The Hall–Kier alpha value is -2.08. The molecule has 0 N–H and O–H groups in total. The molecule has 0 heterocycles. The van der Waals surface area contributed by atoms with Crippen molar-refractivity contribution in [1.82, 2.24) is 0 Å². The van der Waals surface area contributed by atoms with Crippen LogP contribution in [0.25, 0.3) is 11.1 Å². The summed E-state index contributed by atoms with van der Waals surface area (Å²) < 4.78 is 0. The van der Waals surface area contributed by atoms with E-state index in [1.807, 2.05) is 0 Å². The third kappa shape index (κ3) is 2.71. The fourth-order valence-electron chi connectivity index (χ4n) is 3.18. The Bertz CT molecular complexity index is 712. The van der Waals surface area contributed by atoms with Gasteiger partial charge in [0, 0.05) is 0 Å². The highest BCUT2D eigenvalue weighted by molar-refractivity contribution is 5.91. The molecule has 0 saturated heterocycles. The molecule has 1 aliphatic rings. The summed E-state index contributed by atoms with van der Waals surface area (Å²) in [7, 11) is 0. The van der Waals surface area contributed by atoms with E-state index in [-0.39, 0.29) is 0 Å². The lowest BCUT2D eigenvalue weighted by Crippen LogP contribution is -2.00. The van der Waals surface area contributed by atoms with Crippen LogP contribution < -0.4 is 0 Å². The monoisotopic (exact) mass is 274 g/mol. The third-order valence-corrected chi connectivity index (χ3v) is 4.43. The van der Waals surface area contributed by atoms with Gasteiger partial charge in [0.15, 0.2) is 0 Å². The Labute approximate surface area is 127 Å². The predicted molar refractivity (Wildman–Crippen MR) is 92.2 cm³/mol. The minimum Gasteiger partial charge on any atom is -0.0761 e. The van der Waals surface area contributed by atoms with Crippen molar-refractivity contribution in [2.24, 2.45) is 0 Å². The maximum absolute atomic E-state index is 2.39. The van der Waals surface area contributed by atoms with Gasteiger partial charge in [-0.25, -0.2) is 0 Å². The van der Waals surface area contributed by atoms with Crippen molar-refractivity contribution < 1.29 is 0 Å². The van der Waals surface area contributed by atoms with E-state index in [0.717, 1.165) is 12.8 Å². The second-order valence-corrected chi connectivity index (χ2v) is 5.94. The number of rotatable bonds is 2. The Morgan fingerprint density at radius 1 is 0.810 bits per heavy atom. The molecule has 0 bridgehead atoms. The molecule has 1 aliphatic carbocycles. The molecular weight excluding hydrogens is 252 g/mol. The van der Waals surface area contributed by atoms with Crippen molar-refractivity contribution in [2.45, 2.75) is 33.6 Å². The van der Waals surface area contributed by atoms with E-state index in [0.29, 0.717) is 0 Å². The quantitative estimate of drug-likeness (QED) is 0.634. The van der Waals surface area contributed by atoms with Gasteiger partial charge in [-0.05, 0) is 67.0 Å². The van der Waals surface area contributed by atoms with Gasteiger partial charge >= 0.3 is 0 Å². The second-order valence-electron chi connectivity index (χ2n) is 5.94. The number of aryl methyl sites for hydroxylation is 2. The summed E-state index contributed by atoms with van der Waals surface area (Å²) in [5.41, 5.74) is 9.77. The molecule has 0 unspecified atom stereocenters. The third-order valence-electron chi connectivity index (χ3n) is 4.43. The van der Waals surface area contributed by atoms with Gasteiger partial charge < -0.3 is 0 Å². The SMILES string of the molecule is CC1=C(c2ccccc2C)CCC=C1c1ccc(C)cc1. The van der Waals surface area contributed by atoms with Crippen molar-refractivity contribution in [3.63, 3.8) is 0 Å². The molecule has 2 aromatic carbocycles. The van der Waals surface area contributed by atoms with Crippen LogP contribution in [0.4, 0.5) is 0 Å². The molecule has 3 rings (SSSR count). The van der Waals surface area contributed by atoms with Crippen molar-refractivity contribution >= 4 is 11.1 Å². The number of hydrogen-bond donors (Lipinski definition) is 0. The van der Waals surface area contributed by atoms with Gasteiger partial charge in [-0.1, -0.05) is 60.2 Å². The standard InChI is InChI=1S/C21H22/c1-15-11-13-18(14-12-15)20-9-6-10-21(17(20)3)19-8-5-4-7-16(19)2/h4-5,7-9,11-14H,6,10H2,1-3H3. The lowest BCUT2D eigenvalue weighted by molar-refractivity contribution is 1.04. The van der Waals surface area contributed by atoms with E-state index in [1.54, 1.807) is 0 Å². The van der Waals surface area contributed by atoms with E-state index in [2.05, 4.69) is 75.4 Å². The Morgan fingerprint density at radius 2 is 1.52 bits per heavy atom.